The molecule has 0 spiro atoms. The number of nitrogens with zero attached hydrogens (tertiary/aromatic N) is 1. The van der Waals surface area contributed by atoms with Crippen LogP contribution in [0.2, 0.25) is 0 Å². The van der Waals surface area contributed by atoms with Crippen LogP contribution in [0.3, 0.4) is 0 Å². The highest BCUT2D eigenvalue weighted by molar-refractivity contribution is 5.32. The summed E-state index contributed by atoms with van der Waals surface area (Å²) in [5.41, 5.74) is 0.634. The predicted molar refractivity (Wildman–Crippen MR) is 63.8 cm³/mol. The van der Waals surface area contributed by atoms with Crippen LogP contribution < -0.4 is 0 Å². The van der Waals surface area contributed by atoms with E-state index in [2.05, 4.69) is 25.7 Å². The lowest BCUT2D eigenvalue weighted by atomic mass is 10.0. The minimum Gasteiger partial charge on any atom is -0.508 e. The summed E-state index contributed by atoms with van der Waals surface area (Å²) in [6, 6.07) is 4.45. The van der Waals surface area contributed by atoms with Gasteiger partial charge in [0, 0.05) is 18.2 Å². The van der Waals surface area contributed by atoms with E-state index in [1.165, 1.54) is 18.2 Å². The van der Waals surface area contributed by atoms with Crippen molar-refractivity contribution < 1.29 is 9.50 Å². The van der Waals surface area contributed by atoms with Crippen LogP contribution in [0.25, 0.3) is 0 Å². The average molecular weight is 225 g/mol. The Morgan fingerprint density at radius 2 is 1.94 bits per heavy atom. The highest BCUT2D eigenvalue weighted by atomic mass is 19.1. The number of phenolic OH excluding ortho intramolecular Hbond substituents is 1. The van der Waals surface area contributed by atoms with Gasteiger partial charge in [-0.3, -0.25) is 4.90 Å². The third-order valence-electron chi connectivity index (χ3n) is 3.12. The van der Waals surface area contributed by atoms with Crippen molar-refractivity contribution in [1.29, 1.82) is 0 Å². The predicted octanol–water partition coefficient (Wildman–Crippen LogP) is 3.01. The lowest BCUT2D eigenvalue weighted by Crippen LogP contribution is -2.32. The molecule has 0 aliphatic heterocycles. The van der Waals surface area contributed by atoms with E-state index in [4.69, 9.17) is 0 Å². The van der Waals surface area contributed by atoms with Crippen LogP contribution in [0.1, 0.15) is 26.3 Å². The lowest BCUT2D eigenvalue weighted by molar-refractivity contribution is 0.198. The fraction of sp³-hybridized carbons (Fsp3) is 0.538. The van der Waals surface area contributed by atoms with Gasteiger partial charge in [0.2, 0.25) is 0 Å². The highest BCUT2D eigenvalue weighted by Gasteiger charge is 2.14. The van der Waals surface area contributed by atoms with Crippen molar-refractivity contribution in [2.75, 3.05) is 7.05 Å². The maximum atomic E-state index is 13.0. The number of aromatic hydroxyl groups is 1. The van der Waals surface area contributed by atoms with Gasteiger partial charge >= 0.3 is 0 Å². The number of halogens is 1. The third kappa shape index (κ3) is 3.20. The first-order valence-electron chi connectivity index (χ1n) is 5.59. The molecule has 1 N–H and O–H groups in total. The molecular formula is C13H20FNO. The van der Waals surface area contributed by atoms with Gasteiger partial charge in [0.15, 0.2) is 0 Å². The first-order chi connectivity index (χ1) is 7.41. The molecule has 0 radical (unpaired) electrons. The minimum absolute atomic E-state index is 0.157. The number of hydrogen-bond donors (Lipinski definition) is 1. The van der Waals surface area contributed by atoms with Gasteiger partial charge in [0.25, 0.3) is 0 Å². The van der Waals surface area contributed by atoms with Gasteiger partial charge in [0.05, 0.1) is 0 Å². The molecule has 1 unspecified atom stereocenters. The van der Waals surface area contributed by atoms with Crippen molar-refractivity contribution in [2.45, 2.75) is 33.4 Å². The molecule has 0 fully saturated rings. The molecule has 1 aromatic rings. The van der Waals surface area contributed by atoms with Crippen molar-refractivity contribution in [1.82, 2.24) is 4.90 Å². The standard InChI is InChI=1S/C13H20FNO/c1-9(2)10(3)15(4)8-11-7-12(14)5-6-13(11)16/h5-7,9-10,16H,8H2,1-4H3. The van der Waals surface area contributed by atoms with Crippen LogP contribution in [0.15, 0.2) is 18.2 Å². The van der Waals surface area contributed by atoms with E-state index in [9.17, 15) is 9.50 Å². The third-order valence-corrected chi connectivity index (χ3v) is 3.12. The van der Waals surface area contributed by atoms with Gasteiger partial charge in [-0.15, -0.1) is 0 Å². The molecule has 3 heteroatoms. The second-order valence-electron chi connectivity index (χ2n) is 4.67. The van der Waals surface area contributed by atoms with Crippen LogP contribution in [0, 0.1) is 11.7 Å². The summed E-state index contributed by atoms with van der Waals surface area (Å²) in [5, 5.41) is 9.61. The molecule has 0 aromatic heterocycles. The summed E-state index contributed by atoms with van der Waals surface area (Å²) < 4.78 is 13.0. The van der Waals surface area contributed by atoms with E-state index in [0.717, 1.165) is 0 Å². The fourth-order valence-electron chi connectivity index (χ4n) is 1.60. The molecule has 0 amide bonds. The van der Waals surface area contributed by atoms with Gasteiger partial charge in [-0.2, -0.15) is 0 Å². The van der Waals surface area contributed by atoms with Crippen LogP contribution in [0.4, 0.5) is 4.39 Å². The zero-order valence-corrected chi connectivity index (χ0v) is 10.4. The Morgan fingerprint density at radius 1 is 1.31 bits per heavy atom. The zero-order chi connectivity index (χ0) is 12.3. The second kappa shape index (κ2) is 5.30. The largest absolute Gasteiger partial charge is 0.508 e. The maximum Gasteiger partial charge on any atom is 0.123 e. The molecule has 0 saturated carbocycles. The van der Waals surface area contributed by atoms with Crippen molar-refractivity contribution in [3.05, 3.63) is 29.6 Å². The minimum atomic E-state index is -0.307. The Kier molecular flexibility index (Phi) is 4.30. The first-order valence-corrected chi connectivity index (χ1v) is 5.59. The molecule has 0 saturated heterocycles. The van der Waals surface area contributed by atoms with Crippen LogP contribution in [0.5, 0.6) is 5.75 Å². The Morgan fingerprint density at radius 3 is 2.50 bits per heavy atom. The number of rotatable bonds is 4. The van der Waals surface area contributed by atoms with E-state index in [0.29, 0.717) is 24.1 Å². The van der Waals surface area contributed by atoms with Gasteiger partial charge in [0.1, 0.15) is 11.6 Å². The average Bonchev–Trinajstić information content (AvgIpc) is 2.22. The molecule has 16 heavy (non-hydrogen) atoms. The lowest BCUT2D eigenvalue weighted by Gasteiger charge is -2.28. The first kappa shape index (κ1) is 13.0. The van der Waals surface area contributed by atoms with E-state index >= 15 is 0 Å². The summed E-state index contributed by atoms with van der Waals surface area (Å²) in [4.78, 5) is 2.11. The van der Waals surface area contributed by atoms with Crippen molar-refractivity contribution in [3.63, 3.8) is 0 Å². The molecule has 2 nitrogen and oxygen atoms in total. The van der Waals surface area contributed by atoms with E-state index in [1.54, 1.807) is 0 Å². The van der Waals surface area contributed by atoms with Crippen molar-refractivity contribution >= 4 is 0 Å². The summed E-state index contributed by atoms with van der Waals surface area (Å²) in [7, 11) is 1.98. The molecule has 0 heterocycles. The Hall–Kier alpha value is -1.09. The molecule has 1 aromatic carbocycles. The van der Waals surface area contributed by atoms with Crippen LogP contribution in [-0.4, -0.2) is 23.1 Å². The molecule has 0 bridgehead atoms. The van der Waals surface area contributed by atoms with Crippen molar-refractivity contribution in [3.8, 4) is 5.75 Å². The Labute approximate surface area is 96.7 Å². The molecule has 0 aliphatic carbocycles. The number of benzene rings is 1. The molecular weight excluding hydrogens is 205 g/mol. The van der Waals surface area contributed by atoms with E-state index in [-0.39, 0.29) is 11.6 Å². The van der Waals surface area contributed by atoms with Gasteiger partial charge in [-0.25, -0.2) is 4.39 Å². The number of phenols is 1. The molecule has 0 aliphatic rings. The maximum absolute atomic E-state index is 13.0. The Bertz CT molecular complexity index is 352. The quantitative estimate of drug-likeness (QED) is 0.851. The topological polar surface area (TPSA) is 23.5 Å². The molecule has 90 valence electrons. The van der Waals surface area contributed by atoms with E-state index in [1.807, 2.05) is 7.05 Å². The number of hydrogen-bond acceptors (Lipinski definition) is 2. The summed E-state index contributed by atoms with van der Waals surface area (Å²) in [6.45, 7) is 6.98. The van der Waals surface area contributed by atoms with Crippen molar-refractivity contribution in [2.24, 2.45) is 5.92 Å². The van der Waals surface area contributed by atoms with Crippen LogP contribution in [-0.2, 0) is 6.54 Å². The summed E-state index contributed by atoms with van der Waals surface area (Å²) in [6.07, 6.45) is 0. The molecule has 1 rings (SSSR count). The monoisotopic (exact) mass is 225 g/mol. The van der Waals surface area contributed by atoms with E-state index < -0.39 is 0 Å². The fourth-order valence-corrected chi connectivity index (χ4v) is 1.60. The van der Waals surface area contributed by atoms with Gasteiger partial charge in [-0.05, 0) is 38.1 Å². The summed E-state index contributed by atoms with van der Waals surface area (Å²) >= 11 is 0. The highest BCUT2D eigenvalue weighted by Crippen LogP contribution is 2.21. The molecule has 1 atom stereocenters. The van der Waals surface area contributed by atoms with Gasteiger partial charge < -0.3 is 5.11 Å². The zero-order valence-electron chi connectivity index (χ0n) is 10.4. The van der Waals surface area contributed by atoms with Gasteiger partial charge in [-0.1, -0.05) is 13.8 Å². The second-order valence-corrected chi connectivity index (χ2v) is 4.67. The Balaban J connectivity index is 2.76. The normalized spacial score (nSPS) is 13.4. The SMILES string of the molecule is CC(C)C(C)N(C)Cc1cc(F)ccc1O. The smallest absolute Gasteiger partial charge is 0.123 e. The summed E-state index contributed by atoms with van der Waals surface area (Å²) in [5.74, 6) is 0.378. The van der Waals surface area contributed by atoms with Crippen LogP contribution >= 0.6 is 0 Å².